The molecule has 0 atom stereocenters. The van der Waals surface area contributed by atoms with Gasteiger partial charge >= 0.3 is 6.03 Å². The van der Waals surface area contributed by atoms with Gasteiger partial charge in [0.2, 0.25) is 0 Å². The van der Waals surface area contributed by atoms with E-state index in [2.05, 4.69) is 10.6 Å². The third kappa shape index (κ3) is 4.99. The van der Waals surface area contributed by atoms with Crippen molar-refractivity contribution in [1.82, 2.24) is 0 Å². The molecule has 6 nitrogen and oxygen atoms in total. The van der Waals surface area contributed by atoms with E-state index in [-0.39, 0.29) is 12.5 Å². The number of urea groups is 1. The number of carbonyl (C=O) groups is 2. The zero-order valence-electron chi connectivity index (χ0n) is 11.5. The second-order valence-electron chi connectivity index (χ2n) is 4.36. The lowest BCUT2D eigenvalue weighted by molar-refractivity contribution is -0.118. The first kappa shape index (κ1) is 15.7. The summed E-state index contributed by atoms with van der Waals surface area (Å²) in [5.74, 6) is 0.256. The fourth-order valence-electron chi connectivity index (χ4n) is 1.66. The minimum atomic E-state index is -0.645. The third-order valence-electron chi connectivity index (χ3n) is 2.62. The van der Waals surface area contributed by atoms with Crippen LogP contribution in [0, 0.1) is 0 Å². The summed E-state index contributed by atoms with van der Waals surface area (Å²) in [7, 11) is 0. The number of ether oxygens (including phenoxy) is 1. The van der Waals surface area contributed by atoms with Crippen LogP contribution in [-0.4, -0.2) is 18.5 Å². The monoisotopic (exact) mass is 319 g/mol. The van der Waals surface area contributed by atoms with Crippen molar-refractivity contribution >= 4 is 34.9 Å². The summed E-state index contributed by atoms with van der Waals surface area (Å²) in [6.45, 7) is -0.122. The standard InChI is InChI=1S/C15H14ClN3O3/c16-10-1-7-13(8-2-10)22-9-14(20)18-11-3-5-12(6-4-11)19-15(17)21/h1-8H,9H2,(H,18,20)(H3,17,19,21). The van der Waals surface area contributed by atoms with Crippen molar-refractivity contribution in [3.05, 3.63) is 53.6 Å². The van der Waals surface area contributed by atoms with Crippen LogP contribution in [0.15, 0.2) is 48.5 Å². The van der Waals surface area contributed by atoms with Crippen molar-refractivity contribution in [3.8, 4) is 5.75 Å². The zero-order valence-corrected chi connectivity index (χ0v) is 12.3. The maximum absolute atomic E-state index is 11.8. The lowest BCUT2D eigenvalue weighted by Crippen LogP contribution is -2.20. The van der Waals surface area contributed by atoms with Gasteiger partial charge in [-0.25, -0.2) is 4.79 Å². The molecule has 3 amide bonds. The highest BCUT2D eigenvalue weighted by atomic mass is 35.5. The number of hydrogen-bond acceptors (Lipinski definition) is 3. The number of benzene rings is 2. The van der Waals surface area contributed by atoms with Crippen LogP contribution >= 0.6 is 11.6 Å². The van der Waals surface area contributed by atoms with Gasteiger partial charge in [0.05, 0.1) is 0 Å². The van der Waals surface area contributed by atoms with Crippen LogP contribution in [0.2, 0.25) is 5.02 Å². The molecule has 0 saturated carbocycles. The van der Waals surface area contributed by atoms with Gasteiger partial charge in [-0.05, 0) is 48.5 Å². The molecule has 22 heavy (non-hydrogen) atoms. The number of amides is 3. The second-order valence-corrected chi connectivity index (χ2v) is 4.79. The van der Waals surface area contributed by atoms with Gasteiger partial charge in [0.25, 0.3) is 5.91 Å². The fraction of sp³-hybridized carbons (Fsp3) is 0.0667. The summed E-state index contributed by atoms with van der Waals surface area (Å²) >= 11 is 5.76. The van der Waals surface area contributed by atoms with Crippen LogP contribution in [0.3, 0.4) is 0 Å². The SMILES string of the molecule is NC(=O)Nc1ccc(NC(=O)COc2ccc(Cl)cc2)cc1. The summed E-state index contributed by atoms with van der Waals surface area (Å²) in [4.78, 5) is 22.5. The molecule has 0 fully saturated rings. The Hall–Kier alpha value is -2.73. The lowest BCUT2D eigenvalue weighted by Gasteiger charge is -2.08. The van der Waals surface area contributed by atoms with Gasteiger partial charge in [-0.2, -0.15) is 0 Å². The highest BCUT2D eigenvalue weighted by Gasteiger charge is 2.04. The number of halogens is 1. The first-order valence-electron chi connectivity index (χ1n) is 6.37. The Bertz CT molecular complexity index is 657. The molecule has 0 spiro atoms. The predicted molar refractivity (Wildman–Crippen MR) is 85.2 cm³/mol. The Kier molecular flexibility index (Phi) is 5.21. The summed E-state index contributed by atoms with van der Waals surface area (Å²) in [6, 6.07) is 12.6. The molecule has 0 aliphatic carbocycles. The molecule has 0 bridgehead atoms. The van der Waals surface area contributed by atoms with Crippen molar-refractivity contribution in [2.45, 2.75) is 0 Å². The van der Waals surface area contributed by atoms with Crippen LogP contribution in [-0.2, 0) is 4.79 Å². The van der Waals surface area contributed by atoms with Gasteiger partial charge < -0.3 is 21.1 Å². The minimum Gasteiger partial charge on any atom is -0.484 e. The molecule has 0 aliphatic rings. The van der Waals surface area contributed by atoms with Gasteiger partial charge in [-0.1, -0.05) is 11.6 Å². The van der Waals surface area contributed by atoms with Crippen molar-refractivity contribution < 1.29 is 14.3 Å². The van der Waals surface area contributed by atoms with E-state index in [1.807, 2.05) is 0 Å². The van der Waals surface area contributed by atoms with E-state index >= 15 is 0 Å². The fourth-order valence-corrected chi connectivity index (χ4v) is 1.78. The molecule has 0 heterocycles. The normalized spacial score (nSPS) is 9.86. The maximum atomic E-state index is 11.8. The molecule has 114 valence electrons. The molecular weight excluding hydrogens is 306 g/mol. The van der Waals surface area contributed by atoms with E-state index in [9.17, 15) is 9.59 Å². The Labute approximate surface area is 132 Å². The Morgan fingerprint density at radius 2 is 1.50 bits per heavy atom. The first-order chi connectivity index (χ1) is 10.5. The molecule has 0 saturated heterocycles. The number of anilines is 2. The number of carbonyl (C=O) groups excluding carboxylic acids is 2. The number of nitrogens with one attached hydrogen (secondary N) is 2. The van der Waals surface area contributed by atoms with Crippen LogP contribution < -0.4 is 21.1 Å². The third-order valence-corrected chi connectivity index (χ3v) is 2.87. The van der Waals surface area contributed by atoms with Crippen LogP contribution in [0.4, 0.5) is 16.2 Å². The van der Waals surface area contributed by atoms with Crippen molar-refractivity contribution in [1.29, 1.82) is 0 Å². The maximum Gasteiger partial charge on any atom is 0.316 e. The molecule has 0 aromatic heterocycles. The summed E-state index contributed by atoms with van der Waals surface area (Å²) in [5.41, 5.74) is 6.13. The van der Waals surface area contributed by atoms with Crippen LogP contribution in [0.5, 0.6) is 5.75 Å². The van der Waals surface area contributed by atoms with E-state index in [1.54, 1.807) is 48.5 Å². The van der Waals surface area contributed by atoms with E-state index in [0.717, 1.165) is 0 Å². The van der Waals surface area contributed by atoms with Crippen LogP contribution in [0.25, 0.3) is 0 Å². The minimum absolute atomic E-state index is 0.122. The molecule has 4 N–H and O–H groups in total. The lowest BCUT2D eigenvalue weighted by atomic mass is 10.3. The van der Waals surface area contributed by atoms with Crippen molar-refractivity contribution in [3.63, 3.8) is 0 Å². The van der Waals surface area contributed by atoms with Crippen molar-refractivity contribution in [2.75, 3.05) is 17.2 Å². The molecule has 2 rings (SSSR count). The molecule has 0 unspecified atom stereocenters. The number of hydrogen-bond donors (Lipinski definition) is 3. The van der Waals surface area contributed by atoms with Crippen LogP contribution in [0.1, 0.15) is 0 Å². The summed E-state index contributed by atoms with van der Waals surface area (Å²) in [6.07, 6.45) is 0. The second kappa shape index (κ2) is 7.33. The van der Waals surface area contributed by atoms with Crippen molar-refractivity contribution in [2.24, 2.45) is 5.73 Å². The quantitative estimate of drug-likeness (QED) is 0.791. The van der Waals surface area contributed by atoms with Gasteiger partial charge in [-0.15, -0.1) is 0 Å². The number of nitrogens with two attached hydrogens (primary N) is 1. The van der Waals surface area contributed by atoms with Gasteiger partial charge in [-0.3, -0.25) is 4.79 Å². The predicted octanol–water partition coefficient (Wildman–Crippen LogP) is 2.85. The summed E-state index contributed by atoms with van der Waals surface area (Å²) in [5, 5.41) is 5.70. The van der Waals surface area contributed by atoms with E-state index in [0.29, 0.717) is 22.1 Å². The highest BCUT2D eigenvalue weighted by Crippen LogP contribution is 2.16. The Morgan fingerprint density at radius 3 is 2.05 bits per heavy atom. The van der Waals surface area contributed by atoms with Gasteiger partial charge in [0.1, 0.15) is 5.75 Å². The largest absolute Gasteiger partial charge is 0.484 e. The van der Waals surface area contributed by atoms with E-state index < -0.39 is 6.03 Å². The smallest absolute Gasteiger partial charge is 0.316 e. The number of primary amides is 1. The van der Waals surface area contributed by atoms with E-state index in [4.69, 9.17) is 22.1 Å². The first-order valence-corrected chi connectivity index (χ1v) is 6.75. The van der Waals surface area contributed by atoms with Gasteiger partial charge in [0.15, 0.2) is 6.61 Å². The Morgan fingerprint density at radius 1 is 0.955 bits per heavy atom. The molecule has 0 aliphatic heterocycles. The molecule has 2 aromatic rings. The Balaban J connectivity index is 1.83. The van der Waals surface area contributed by atoms with Gasteiger partial charge in [0, 0.05) is 16.4 Å². The molecule has 0 radical (unpaired) electrons. The molecular formula is C15H14ClN3O3. The average molecular weight is 320 g/mol. The van der Waals surface area contributed by atoms with E-state index in [1.165, 1.54) is 0 Å². The summed E-state index contributed by atoms with van der Waals surface area (Å²) < 4.78 is 5.33. The molecule has 7 heteroatoms. The zero-order chi connectivity index (χ0) is 15.9. The number of rotatable bonds is 5. The average Bonchev–Trinajstić information content (AvgIpc) is 2.48. The topological polar surface area (TPSA) is 93.5 Å². The molecule has 2 aromatic carbocycles. The highest BCUT2D eigenvalue weighted by molar-refractivity contribution is 6.30.